The molecule has 4 heteroatoms. The summed E-state index contributed by atoms with van der Waals surface area (Å²) in [6, 6.07) is 3.61. The van der Waals surface area contributed by atoms with E-state index in [9.17, 15) is 5.11 Å². The highest BCUT2D eigenvalue weighted by Gasteiger charge is 2.10. The average Bonchev–Trinajstić information content (AvgIpc) is 2.52. The van der Waals surface area contributed by atoms with Gasteiger partial charge in [0.2, 0.25) is 0 Å². The summed E-state index contributed by atoms with van der Waals surface area (Å²) in [7, 11) is 5.90. The van der Waals surface area contributed by atoms with Gasteiger partial charge in [-0.3, -0.25) is 0 Å². The van der Waals surface area contributed by atoms with Gasteiger partial charge >= 0.3 is 0 Å². The summed E-state index contributed by atoms with van der Waals surface area (Å²) in [5.74, 6) is 0.315. The van der Waals surface area contributed by atoms with Gasteiger partial charge in [-0.15, -0.1) is 0 Å². The first-order valence-corrected chi connectivity index (χ1v) is 4.86. The third-order valence-electron chi connectivity index (χ3n) is 2.45. The molecule has 1 aromatic carbocycles. The molecule has 0 spiro atoms. The number of hydrogen-bond acceptors (Lipinski definition) is 3. The Labute approximate surface area is 88.8 Å². The van der Waals surface area contributed by atoms with Crippen molar-refractivity contribution >= 4 is 11.0 Å². The minimum Gasteiger partial charge on any atom is -0.508 e. The lowest BCUT2D eigenvalue weighted by molar-refractivity contribution is 0.387. The van der Waals surface area contributed by atoms with Gasteiger partial charge in [0.1, 0.15) is 5.75 Å². The van der Waals surface area contributed by atoms with Crippen molar-refractivity contribution in [2.45, 2.75) is 6.54 Å². The molecule has 1 aromatic heterocycles. The van der Waals surface area contributed by atoms with Crippen LogP contribution in [0.5, 0.6) is 5.75 Å². The Morgan fingerprint density at radius 3 is 2.80 bits per heavy atom. The van der Waals surface area contributed by atoms with Crippen LogP contribution in [-0.2, 0) is 13.6 Å². The van der Waals surface area contributed by atoms with E-state index >= 15 is 0 Å². The van der Waals surface area contributed by atoms with Crippen molar-refractivity contribution in [2.24, 2.45) is 7.05 Å². The highest BCUT2D eigenvalue weighted by molar-refractivity contribution is 5.81. The molecular weight excluding hydrogens is 190 g/mol. The Balaban J connectivity index is 2.63. The molecule has 0 unspecified atom stereocenters. The van der Waals surface area contributed by atoms with Crippen LogP contribution in [0.1, 0.15) is 5.56 Å². The van der Waals surface area contributed by atoms with Gasteiger partial charge in [-0.1, -0.05) is 0 Å². The largest absolute Gasteiger partial charge is 0.508 e. The van der Waals surface area contributed by atoms with E-state index < -0.39 is 0 Å². The molecule has 0 aliphatic carbocycles. The van der Waals surface area contributed by atoms with Crippen LogP contribution in [0.4, 0.5) is 0 Å². The maximum absolute atomic E-state index is 9.79. The minimum atomic E-state index is 0.315. The van der Waals surface area contributed by atoms with Crippen LogP contribution in [0.15, 0.2) is 18.5 Å². The molecule has 0 saturated heterocycles. The quantitative estimate of drug-likeness (QED) is 0.804. The zero-order valence-electron chi connectivity index (χ0n) is 9.23. The Bertz CT molecular complexity index is 488. The van der Waals surface area contributed by atoms with Gasteiger partial charge in [0.05, 0.1) is 17.4 Å². The van der Waals surface area contributed by atoms with Crippen LogP contribution < -0.4 is 0 Å². The number of benzene rings is 1. The van der Waals surface area contributed by atoms with E-state index in [2.05, 4.69) is 4.98 Å². The van der Waals surface area contributed by atoms with Crippen LogP contribution in [-0.4, -0.2) is 33.7 Å². The summed E-state index contributed by atoms with van der Waals surface area (Å²) in [5.41, 5.74) is 2.81. The molecular formula is C11H15N3O. The van der Waals surface area contributed by atoms with Gasteiger partial charge in [-0.2, -0.15) is 0 Å². The lowest BCUT2D eigenvalue weighted by atomic mass is 10.1. The number of fused-ring (bicyclic) bond motifs is 1. The van der Waals surface area contributed by atoms with E-state index in [-0.39, 0.29) is 0 Å². The van der Waals surface area contributed by atoms with E-state index in [0.29, 0.717) is 12.3 Å². The first-order valence-electron chi connectivity index (χ1n) is 4.86. The Morgan fingerprint density at radius 1 is 1.40 bits per heavy atom. The van der Waals surface area contributed by atoms with Crippen molar-refractivity contribution in [1.82, 2.24) is 14.5 Å². The molecule has 0 atom stereocenters. The normalized spacial score (nSPS) is 11.5. The highest BCUT2D eigenvalue weighted by atomic mass is 16.3. The number of phenols is 1. The summed E-state index contributed by atoms with van der Waals surface area (Å²) in [6.07, 6.45) is 1.77. The average molecular weight is 205 g/mol. The zero-order chi connectivity index (χ0) is 11.0. The first kappa shape index (κ1) is 9.98. The SMILES string of the molecule is CN(C)Cc1c(O)ccc2c1ncn2C. The lowest BCUT2D eigenvalue weighted by Crippen LogP contribution is -2.11. The van der Waals surface area contributed by atoms with Crippen LogP contribution in [0.25, 0.3) is 11.0 Å². The van der Waals surface area contributed by atoms with Crippen LogP contribution in [0.3, 0.4) is 0 Å². The predicted octanol–water partition coefficient (Wildman–Crippen LogP) is 1.34. The maximum atomic E-state index is 9.79. The van der Waals surface area contributed by atoms with E-state index in [1.54, 1.807) is 12.4 Å². The summed E-state index contributed by atoms with van der Waals surface area (Å²) < 4.78 is 1.95. The molecule has 80 valence electrons. The van der Waals surface area contributed by atoms with Gasteiger partial charge in [-0.05, 0) is 26.2 Å². The Morgan fingerprint density at radius 2 is 2.13 bits per heavy atom. The van der Waals surface area contributed by atoms with E-state index in [4.69, 9.17) is 0 Å². The highest BCUT2D eigenvalue weighted by Crippen LogP contribution is 2.26. The monoisotopic (exact) mass is 205 g/mol. The molecule has 4 nitrogen and oxygen atoms in total. The molecule has 1 heterocycles. The Hall–Kier alpha value is -1.55. The third kappa shape index (κ3) is 1.68. The second-order valence-electron chi connectivity index (χ2n) is 4.02. The molecule has 0 aliphatic heterocycles. The topological polar surface area (TPSA) is 41.3 Å². The van der Waals surface area contributed by atoms with Gasteiger partial charge < -0.3 is 14.6 Å². The molecule has 0 saturated carbocycles. The molecule has 1 N–H and O–H groups in total. The van der Waals surface area contributed by atoms with Crippen molar-refractivity contribution in [3.8, 4) is 5.75 Å². The van der Waals surface area contributed by atoms with Crippen molar-refractivity contribution < 1.29 is 5.11 Å². The third-order valence-corrected chi connectivity index (χ3v) is 2.45. The molecule has 0 amide bonds. The second-order valence-corrected chi connectivity index (χ2v) is 4.02. The van der Waals surface area contributed by atoms with E-state index in [0.717, 1.165) is 16.6 Å². The molecule has 0 fully saturated rings. The number of aryl methyl sites for hydroxylation is 1. The van der Waals surface area contributed by atoms with Crippen molar-refractivity contribution in [2.75, 3.05) is 14.1 Å². The molecule has 0 radical (unpaired) electrons. The zero-order valence-corrected chi connectivity index (χ0v) is 9.23. The van der Waals surface area contributed by atoms with E-state index in [1.165, 1.54) is 0 Å². The number of hydrogen-bond donors (Lipinski definition) is 1. The fourth-order valence-corrected chi connectivity index (χ4v) is 1.72. The van der Waals surface area contributed by atoms with Crippen LogP contribution in [0.2, 0.25) is 0 Å². The fourth-order valence-electron chi connectivity index (χ4n) is 1.72. The fraction of sp³-hybridized carbons (Fsp3) is 0.364. The second kappa shape index (κ2) is 3.55. The van der Waals surface area contributed by atoms with Crippen molar-refractivity contribution in [3.05, 3.63) is 24.0 Å². The minimum absolute atomic E-state index is 0.315. The number of aromatic nitrogens is 2. The lowest BCUT2D eigenvalue weighted by Gasteiger charge is -2.11. The number of aromatic hydroxyl groups is 1. The number of phenolic OH excluding ortho intramolecular Hbond substituents is 1. The first-order chi connectivity index (χ1) is 7.09. The summed E-state index contributed by atoms with van der Waals surface area (Å²) in [5, 5.41) is 9.79. The van der Waals surface area contributed by atoms with Gasteiger partial charge in [0, 0.05) is 19.2 Å². The summed E-state index contributed by atoms with van der Waals surface area (Å²) >= 11 is 0. The number of imidazole rings is 1. The maximum Gasteiger partial charge on any atom is 0.122 e. The Kier molecular flexibility index (Phi) is 2.36. The van der Waals surface area contributed by atoms with Gasteiger partial charge in [0.25, 0.3) is 0 Å². The predicted molar refractivity (Wildman–Crippen MR) is 59.8 cm³/mol. The molecule has 15 heavy (non-hydrogen) atoms. The summed E-state index contributed by atoms with van der Waals surface area (Å²) in [6.45, 7) is 0.695. The van der Waals surface area contributed by atoms with Crippen LogP contribution in [0, 0.1) is 0 Å². The molecule has 2 aromatic rings. The van der Waals surface area contributed by atoms with Crippen LogP contribution >= 0.6 is 0 Å². The summed E-state index contributed by atoms with van der Waals surface area (Å²) in [4.78, 5) is 6.33. The van der Waals surface area contributed by atoms with Crippen molar-refractivity contribution in [3.63, 3.8) is 0 Å². The van der Waals surface area contributed by atoms with Crippen molar-refractivity contribution in [1.29, 1.82) is 0 Å². The number of rotatable bonds is 2. The smallest absolute Gasteiger partial charge is 0.122 e. The molecule has 0 aliphatic rings. The van der Waals surface area contributed by atoms with E-state index in [1.807, 2.05) is 36.7 Å². The van der Waals surface area contributed by atoms with Gasteiger partial charge in [0.15, 0.2) is 0 Å². The number of nitrogens with zero attached hydrogens (tertiary/aromatic N) is 3. The molecule has 2 rings (SSSR count). The molecule has 0 bridgehead atoms. The van der Waals surface area contributed by atoms with Gasteiger partial charge in [-0.25, -0.2) is 4.98 Å². The standard InChI is InChI=1S/C11H15N3O/c1-13(2)6-8-10(15)5-4-9-11(8)12-7-14(9)3/h4-5,7,15H,6H2,1-3H3.